The molecule has 4 N–H and O–H groups in total. The number of nitrogens with one attached hydrogen (secondary N) is 1. The van der Waals surface area contributed by atoms with Crippen LogP contribution in [0.2, 0.25) is 0 Å². The second kappa shape index (κ2) is 7.54. The van der Waals surface area contributed by atoms with Crippen molar-refractivity contribution in [3.63, 3.8) is 0 Å². The predicted octanol–water partition coefficient (Wildman–Crippen LogP) is 1.18. The Hall–Kier alpha value is -1.43. The summed E-state index contributed by atoms with van der Waals surface area (Å²) in [6.07, 6.45) is 1.07. The van der Waals surface area contributed by atoms with Crippen molar-refractivity contribution in [2.24, 2.45) is 11.7 Å². The maximum absolute atomic E-state index is 11.9. The molecule has 0 aliphatic carbocycles. The minimum absolute atomic E-state index is 0.0225. The highest BCUT2D eigenvalue weighted by molar-refractivity contribution is 5.90. The lowest BCUT2D eigenvalue weighted by Crippen LogP contribution is -2.42. The summed E-state index contributed by atoms with van der Waals surface area (Å²) in [6, 6.07) is 7.59. The molecule has 0 radical (unpaired) electrons. The maximum atomic E-state index is 11.9. The number of benzene rings is 1. The summed E-state index contributed by atoms with van der Waals surface area (Å²) in [7, 11) is 0. The fourth-order valence-corrected chi connectivity index (χ4v) is 2.63. The molecule has 0 saturated carbocycles. The number of aliphatic hydroxyl groups is 1. The molecule has 2 atom stereocenters. The van der Waals surface area contributed by atoms with Crippen LogP contribution < -0.4 is 11.1 Å². The van der Waals surface area contributed by atoms with E-state index in [1.165, 1.54) is 0 Å². The molecule has 116 valence electrons. The monoisotopic (exact) mass is 291 g/mol. The molecule has 1 aromatic rings. The fourth-order valence-electron chi connectivity index (χ4n) is 2.63. The number of anilines is 1. The molecule has 5 nitrogen and oxygen atoms in total. The standard InChI is InChI=1S/C16H25N3O2/c1-12-11-19(8-6-15(12)20)9-7-16(21)18-14-4-2-13(10-17)3-5-14/h2-5,12,15,20H,6-11,17H2,1H3,(H,18,21). The first-order chi connectivity index (χ1) is 10.1. The van der Waals surface area contributed by atoms with E-state index in [9.17, 15) is 9.90 Å². The van der Waals surface area contributed by atoms with Gasteiger partial charge in [0.15, 0.2) is 0 Å². The molecule has 0 aromatic heterocycles. The highest BCUT2D eigenvalue weighted by atomic mass is 16.3. The molecule has 2 unspecified atom stereocenters. The average Bonchev–Trinajstić information content (AvgIpc) is 2.49. The molecule has 5 heteroatoms. The van der Waals surface area contributed by atoms with E-state index >= 15 is 0 Å². The summed E-state index contributed by atoms with van der Waals surface area (Å²) in [4.78, 5) is 14.2. The van der Waals surface area contributed by atoms with Crippen molar-refractivity contribution in [3.8, 4) is 0 Å². The summed E-state index contributed by atoms with van der Waals surface area (Å²) in [5, 5.41) is 12.6. The number of nitrogens with zero attached hydrogens (tertiary/aromatic N) is 1. The lowest BCUT2D eigenvalue weighted by atomic mass is 9.97. The predicted molar refractivity (Wildman–Crippen MR) is 83.8 cm³/mol. The van der Waals surface area contributed by atoms with Crippen molar-refractivity contribution in [3.05, 3.63) is 29.8 Å². The van der Waals surface area contributed by atoms with E-state index in [2.05, 4.69) is 17.1 Å². The Morgan fingerprint density at radius 1 is 1.43 bits per heavy atom. The van der Waals surface area contributed by atoms with Crippen molar-refractivity contribution in [2.45, 2.75) is 32.4 Å². The first kappa shape index (κ1) is 15.9. The van der Waals surface area contributed by atoms with Crippen molar-refractivity contribution < 1.29 is 9.90 Å². The first-order valence-corrected chi connectivity index (χ1v) is 7.57. The number of amides is 1. The number of aliphatic hydroxyl groups excluding tert-OH is 1. The Bertz CT molecular complexity index is 461. The zero-order valence-electron chi connectivity index (χ0n) is 12.6. The van der Waals surface area contributed by atoms with Gasteiger partial charge < -0.3 is 21.1 Å². The molecule has 1 aliphatic rings. The van der Waals surface area contributed by atoms with Gasteiger partial charge in [0.25, 0.3) is 0 Å². The van der Waals surface area contributed by atoms with E-state index in [1.807, 2.05) is 24.3 Å². The van der Waals surface area contributed by atoms with Gasteiger partial charge in [-0.2, -0.15) is 0 Å². The largest absolute Gasteiger partial charge is 0.393 e. The number of hydrogen-bond acceptors (Lipinski definition) is 4. The maximum Gasteiger partial charge on any atom is 0.225 e. The van der Waals surface area contributed by atoms with Crippen LogP contribution >= 0.6 is 0 Å². The van der Waals surface area contributed by atoms with Gasteiger partial charge in [-0.3, -0.25) is 4.79 Å². The Labute approximate surface area is 126 Å². The van der Waals surface area contributed by atoms with Crippen LogP contribution in [0, 0.1) is 5.92 Å². The van der Waals surface area contributed by atoms with Crippen LogP contribution in [0.15, 0.2) is 24.3 Å². The number of piperidine rings is 1. The highest BCUT2D eigenvalue weighted by Gasteiger charge is 2.24. The molecule has 1 amide bonds. The molecule has 1 aromatic carbocycles. The number of carbonyl (C=O) groups excluding carboxylic acids is 1. The average molecular weight is 291 g/mol. The molecule has 1 fully saturated rings. The Morgan fingerprint density at radius 2 is 2.14 bits per heavy atom. The van der Waals surface area contributed by atoms with Crippen LogP contribution in [0.4, 0.5) is 5.69 Å². The third-order valence-corrected chi connectivity index (χ3v) is 4.07. The zero-order chi connectivity index (χ0) is 15.2. The van der Waals surface area contributed by atoms with Crippen LogP contribution in [0.25, 0.3) is 0 Å². The molecule has 0 spiro atoms. The van der Waals surface area contributed by atoms with Gasteiger partial charge in [-0.1, -0.05) is 19.1 Å². The van der Waals surface area contributed by atoms with E-state index in [4.69, 9.17) is 5.73 Å². The zero-order valence-corrected chi connectivity index (χ0v) is 12.6. The van der Waals surface area contributed by atoms with Gasteiger partial charge in [0.05, 0.1) is 6.10 Å². The number of likely N-dealkylation sites (tertiary alicyclic amines) is 1. The van der Waals surface area contributed by atoms with Crippen molar-refractivity contribution in [1.82, 2.24) is 4.90 Å². The normalized spacial score (nSPS) is 23.0. The van der Waals surface area contributed by atoms with E-state index in [1.54, 1.807) is 0 Å². The smallest absolute Gasteiger partial charge is 0.225 e. The number of hydrogen-bond donors (Lipinski definition) is 3. The molecule has 1 aliphatic heterocycles. The Morgan fingerprint density at radius 3 is 2.76 bits per heavy atom. The SMILES string of the molecule is CC1CN(CCC(=O)Nc2ccc(CN)cc2)CCC1O. The number of rotatable bonds is 5. The minimum atomic E-state index is -0.198. The van der Waals surface area contributed by atoms with Crippen LogP contribution in [-0.4, -0.2) is 41.7 Å². The van der Waals surface area contributed by atoms with Gasteiger partial charge in [0, 0.05) is 38.3 Å². The summed E-state index contributed by atoms with van der Waals surface area (Å²) in [5.41, 5.74) is 7.40. The third kappa shape index (κ3) is 4.81. The topological polar surface area (TPSA) is 78.6 Å². The number of nitrogens with two attached hydrogens (primary N) is 1. The van der Waals surface area contributed by atoms with Crippen LogP contribution in [0.3, 0.4) is 0 Å². The van der Waals surface area contributed by atoms with Gasteiger partial charge in [0.2, 0.25) is 5.91 Å². The summed E-state index contributed by atoms with van der Waals surface area (Å²) >= 11 is 0. The summed E-state index contributed by atoms with van der Waals surface area (Å²) in [5.74, 6) is 0.305. The molecular formula is C16H25N3O2. The van der Waals surface area contributed by atoms with Gasteiger partial charge in [-0.05, 0) is 30.0 Å². The summed E-state index contributed by atoms with van der Waals surface area (Å²) in [6.45, 7) is 5.02. The van der Waals surface area contributed by atoms with Gasteiger partial charge >= 0.3 is 0 Å². The van der Waals surface area contributed by atoms with Crippen LogP contribution in [0.5, 0.6) is 0 Å². The minimum Gasteiger partial charge on any atom is -0.393 e. The fraction of sp³-hybridized carbons (Fsp3) is 0.562. The molecule has 0 bridgehead atoms. The van der Waals surface area contributed by atoms with Gasteiger partial charge in [0.1, 0.15) is 0 Å². The van der Waals surface area contributed by atoms with E-state index < -0.39 is 0 Å². The Kier molecular flexibility index (Phi) is 5.73. The van der Waals surface area contributed by atoms with Crippen molar-refractivity contribution in [1.29, 1.82) is 0 Å². The second-order valence-corrected chi connectivity index (χ2v) is 5.83. The van der Waals surface area contributed by atoms with E-state index in [0.29, 0.717) is 13.0 Å². The van der Waals surface area contributed by atoms with Crippen molar-refractivity contribution in [2.75, 3.05) is 25.0 Å². The Balaban J connectivity index is 1.74. The molecule has 2 rings (SSSR count). The second-order valence-electron chi connectivity index (χ2n) is 5.83. The third-order valence-electron chi connectivity index (χ3n) is 4.07. The van der Waals surface area contributed by atoms with Gasteiger partial charge in [-0.15, -0.1) is 0 Å². The first-order valence-electron chi connectivity index (χ1n) is 7.57. The van der Waals surface area contributed by atoms with Crippen molar-refractivity contribution >= 4 is 11.6 Å². The van der Waals surface area contributed by atoms with Crippen LogP contribution in [-0.2, 0) is 11.3 Å². The molecule has 21 heavy (non-hydrogen) atoms. The van der Waals surface area contributed by atoms with Gasteiger partial charge in [-0.25, -0.2) is 0 Å². The quantitative estimate of drug-likeness (QED) is 0.761. The highest BCUT2D eigenvalue weighted by Crippen LogP contribution is 2.16. The molecule has 1 heterocycles. The van der Waals surface area contributed by atoms with Crippen LogP contribution in [0.1, 0.15) is 25.3 Å². The lowest BCUT2D eigenvalue weighted by Gasteiger charge is -2.34. The lowest BCUT2D eigenvalue weighted by molar-refractivity contribution is -0.116. The molecular weight excluding hydrogens is 266 g/mol. The molecule has 1 saturated heterocycles. The summed E-state index contributed by atoms with van der Waals surface area (Å²) < 4.78 is 0. The number of carbonyl (C=O) groups is 1. The van der Waals surface area contributed by atoms with E-state index in [-0.39, 0.29) is 17.9 Å². The van der Waals surface area contributed by atoms with E-state index in [0.717, 1.165) is 37.3 Å².